The van der Waals surface area contributed by atoms with Crippen molar-refractivity contribution in [3.63, 3.8) is 0 Å². The number of hydrogen-bond donors (Lipinski definition) is 2. The highest BCUT2D eigenvalue weighted by Gasteiger charge is 2.25. The SMILES string of the molecule is CC(CS(=O)(=O)NC1CCCC1)C(=O)O. The number of rotatable bonds is 5. The molecule has 0 aromatic rings. The summed E-state index contributed by atoms with van der Waals surface area (Å²) in [5, 5.41) is 8.61. The Bertz CT molecular complexity index is 319. The molecule has 0 bridgehead atoms. The number of carboxylic acid groups (broad SMARTS) is 1. The smallest absolute Gasteiger partial charge is 0.307 e. The minimum absolute atomic E-state index is 0.0102. The van der Waals surface area contributed by atoms with Crippen LogP contribution in [0.1, 0.15) is 32.6 Å². The molecule has 6 heteroatoms. The van der Waals surface area contributed by atoms with Gasteiger partial charge in [0.1, 0.15) is 0 Å². The molecule has 0 radical (unpaired) electrons. The van der Waals surface area contributed by atoms with Gasteiger partial charge in [-0.2, -0.15) is 0 Å². The van der Waals surface area contributed by atoms with Crippen molar-refractivity contribution in [2.24, 2.45) is 5.92 Å². The first-order chi connectivity index (χ1) is 6.91. The number of sulfonamides is 1. The van der Waals surface area contributed by atoms with Gasteiger partial charge >= 0.3 is 5.97 Å². The molecule has 0 amide bonds. The van der Waals surface area contributed by atoms with Crippen LogP contribution < -0.4 is 4.72 Å². The Balaban J connectivity index is 2.47. The highest BCUT2D eigenvalue weighted by atomic mass is 32.2. The quantitative estimate of drug-likeness (QED) is 0.729. The Morgan fingerprint density at radius 3 is 2.47 bits per heavy atom. The lowest BCUT2D eigenvalue weighted by Gasteiger charge is -2.13. The molecule has 0 saturated heterocycles. The van der Waals surface area contributed by atoms with E-state index in [0.29, 0.717) is 0 Å². The van der Waals surface area contributed by atoms with E-state index in [9.17, 15) is 13.2 Å². The molecule has 15 heavy (non-hydrogen) atoms. The standard InChI is InChI=1S/C9H17NO4S/c1-7(9(11)12)6-15(13,14)10-8-4-2-3-5-8/h7-8,10H,2-6H2,1H3,(H,11,12). The van der Waals surface area contributed by atoms with Gasteiger partial charge in [-0.05, 0) is 12.8 Å². The molecule has 1 rings (SSSR count). The van der Waals surface area contributed by atoms with Crippen LogP contribution in [0.25, 0.3) is 0 Å². The third-order valence-electron chi connectivity index (χ3n) is 2.59. The van der Waals surface area contributed by atoms with E-state index >= 15 is 0 Å². The van der Waals surface area contributed by atoms with Crippen molar-refractivity contribution in [3.05, 3.63) is 0 Å². The third-order valence-corrected chi connectivity index (χ3v) is 4.22. The van der Waals surface area contributed by atoms with Gasteiger partial charge in [0, 0.05) is 6.04 Å². The third kappa shape index (κ3) is 4.17. The molecule has 0 aromatic carbocycles. The topological polar surface area (TPSA) is 83.5 Å². The average Bonchev–Trinajstić information content (AvgIpc) is 2.54. The number of hydrogen-bond acceptors (Lipinski definition) is 3. The average molecular weight is 235 g/mol. The minimum atomic E-state index is -3.44. The molecule has 1 saturated carbocycles. The molecule has 1 fully saturated rings. The predicted molar refractivity (Wildman–Crippen MR) is 56.0 cm³/mol. The molecule has 0 heterocycles. The molecule has 1 atom stereocenters. The van der Waals surface area contributed by atoms with Gasteiger partial charge in [0.15, 0.2) is 0 Å². The van der Waals surface area contributed by atoms with Crippen molar-refractivity contribution in [2.75, 3.05) is 5.75 Å². The summed E-state index contributed by atoms with van der Waals surface area (Å²) in [7, 11) is -3.44. The van der Waals surface area contributed by atoms with E-state index in [1.807, 2.05) is 0 Å². The summed E-state index contributed by atoms with van der Waals surface area (Å²) in [5.41, 5.74) is 0. The summed E-state index contributed by atoms with van der Waals surface area (Å²) in [4.78, 5) is 10.5. The van der Waals surface area contributed by atoms with E-state index in [0.717, 1.165) is 25.7 Å². The first-order valence-corrected chi connectivity index (χ1v) is 6.79. The molecule has 1 aliphatic rings. The molecule has 1 aliphatic carbocycles. The van der Waals surface area contributed by atoms with E-state index in [2.05, 4.69) is 4.72 Å². The largest absolute Gasteiger partial charge is 0.481 e. The molecular weight excluding hydrogens is 218 g/mol. The van der Waals surface area contributed by atoms with Crippen LogP contribution in [0, 0.1) is 5.92 Å². The van der Waals surface area contributed by atoms with Crippen molar-refractivity contribution in [1.82, 2.24) is 4.72 Å². The molecule has 88 valence electrons. The van der Waals surface area contributed by atoms with Crippen molar-refractivity contribution < 1.29 is 18.3 Å². The monoisotopic (exact) mass is 235 g/mol. The summed E-state index contributed by atoms with van der Waals surface area (Å²) in [5.74, 6) is -2.27. The summed E-state index contributed by atoms with van der Waals surface area (Å²) >= 11 is 0. The Labute approximate surface area is 89.9 Å². The lowest BCUT2D eigenvalue weighted by Crippen LogP contribution is -2.37. The van der Waals surface area contributed by atoms with Gasteiger partial charge in [0.2, 0.25) is 10.0 Å². The fourth-order valence-corrected chi connectivity index (χ4v) is 3.39. The Hall–Kier alpha value is -0.620. The normalized spacial score (nSPS) is 20.3. The summed E-state index contributed by atoms with van der Waals surface area (Å²) < 4.78 is 25.6. The van der Waals surface area contributed by atoms with E-state index in [1.54, 1.807) is 0 Å². The fraction of sp³-hybridized carbons (Fsp3) is 0.889. The zero-order valence-corrected chi connectivity index (χ0v) is 9.59. The van der Waals surface area contributed by atoms with E-state index in [-0.39, 0.29) is 11.8 Å². The zero-order valence-electron chi connectivity index (χ0n) is 8.77. The Morgan fingerprint density at radius 1 is 1.47 bits per heavy atom. The fourth-order valence-electron chi connectivity index (χ4n) is 1.75. The molecule has 0 aliphatic heterocycles. The van der Waals surface area contributed by atoms with Crippen molar-refractivity contribution >= 4 is 16.0 Å². The van der Waals surface area contributed by atoms with Gasteiger partial charge in [-0.25, -0.2) is 13.1 Å². The lowest BCUT2D eigenvalue weighted by atomic mass is 10.2. The summed E-state index contributed by atoms with van der Waals surface area (Å²) in [6, 6.07) is 0.0102. The summed E-state index contributed by atoms with van der Waals surface area (Å²) in [6.07, 6.45) is 3.81. The van der Waals surface area contributed by atoms with Gasteiger partial charge < -0.3 is 5.11 Å². The van der Waals surface area contributed by atoms with Gasteiger partial charge in [0.25, 0.3) is 0 Å². The maximum absolute atomic E-state index is 11.5. The van der Waals surface area contributed by atoms with Crippen LogP contribution in [-0.2, 0) is 14.8 Å². The number of nitrogens with one attached hydrogen (secondary N) is 1. The van der Waals surface area contributed by atoms with Crippen molar-refractivity contribution in [3.8, 4) is 0 Å². The van der Waals surface area contributed by atoms with Crippen LogP contribution in [0.2, 0.25) is 0 Å². The molecular formula is C9H17NO4S. The van der Waals surface area contributed by atoms with Crippen molar-refractivity contribution in [2.45, 2.75) is 38.6 Å². The molecule has 0 aromatic heterocycles. The Kier molecular flexibility index (Phi) is 4.10. The van der Waals surface area contributed by atoms with E-state index < -0.39 is 21.9 Å². The zero-order chi connectivity index (χ0) is 11.5. The van der Waals surface area contributed by atoms with Crippen LogP contribution in [0.4, 0.5) is 0 Å². The first-order valence-electron chi connectivity index (χ1n) is 5.13. The van der Waals surface area contributed by atoms with Crippen LogP contribution in [0.15, 0.2) is 0 Å². The van der Waals surface area contributed by atoms with Crippen LogP contribution in [-0.4, -0.2) is 31.3 Å². The van der Waals surface area contributed by atoms with E-state index in [4.69, 9.17) is 5.11 Å². The first kappa shape index (κ1) is 12.4. The van der Waals surface area contributed by atoms with Gasteiger partial charge in [0.05, 0.1) is 11.7 Å². The maximum atomic E-state index is 11.5. The second-order valence-electron chi connectivity index (χ2n) is 4.12. The Morgan fingerprint density at radius 2 is 2.00 bits per heavy atom. The minimum Gasteiger partial charge on any atom is -0.481 e. The van der Waals surface area contributed by atoms with Crippen LogP contribution >= 0.6 is 0 Å². The predicted octanol–water partition coefficient (Wildman–Crippen LogP) is 0.569. The molecule has 2 N–H and O–H groups in total. The van der Waals surface area contributed by atoms with Gasteiger partial charge in [-0.15, -0.1) is 0 Å². The molecule has 5 nitrogen and oxygen atoms in total. The van der Waals surface area contributed by atoms with Crippen molar-refractivity contribution in [1.29, 1.82) is 0 Å². The highest BCUT2D eigenvalue weighted by molar-refractivity contribution is 7.89. The summed E-state index contributed by atoms with van der Waals surface area (Å²) in [6.45, 7) is 1.40. The van der Waals surface area contributed by atoms with Crippen LogP contribution in [0.5, 0.6) is 0 Å². The number of aliphatic carboxylic acids is 1. The second kappa shape index (κ2) is 4.94. The number of carbonyl (C=O) groups is 1. The molecule has 1 unspecified atom stereocenters. The maximum Gasteiger partial charge on any atom is 0.307 e. The van der Waals surface area contributed by atoms with Gasteiger partial charge in [-0.3, -0.25) is 4.79 Å². The van der Waals surface area contributed by atoms with E-state index in [1.165, 1.54) is 6.92 Å². The number of carboxylic acids is 1. The lowest BCUT2D eigenvalue weighted by molar-refractivity contribution is -0.140. The van der Waals surface area contributed by atoms with Crippen LogP contribution in [0.3, 0.4) is 0 Å². The highest BCUT2D eigenvalue weighted by Crippen LogP contribution is 2.18. The molecule has 0 spiro atoms. The van der Waals surface area contributed by atoms with Gasteiger partial charge in [-0.1, -0.05) is 19.8 Å². The second-order valence-corrected chi connectivity index (χ2v) is 5.92.